The third kappa shape index (κ3) is 3.97. The van der Waals surface area contributed by atoms with Crippen LogP contribution < -0.4 is 5.73 Å². The average molecular weight is 153 g/mol. The zero-order valence-electron chi connectivity index (χ0n) is 6.37. The molecule has 0 unspecified atom stereocenters. The van der Waals surface area contributed by atoms with Crippen molar-refractivity contribution < 1.29 is 9.90 Å². The van der Waals surface area contributed by atoms with Gasteiger partial charge in [0.1, 0.15) is 5.76 Å². The van der Waals surface area contributed by atoms with Crippen molar-refractivity contribution in [1.82, 2.24) is 0 Å². The zero-order valence-corrected chi connectivity index (χ0v) is 6.37. The maximum absolute atomic E-state index is 10.4. The van der Waals surface area contributed by atoms with E-state index in [1.165, 1.54) is 18.2 Å². The normalized spacial score (nSPS) is 12.8. The van der Waals surface area contributed by atoms with E-state index in [1.54, 1.807) is 6.92 Å². The number of nitrogens with two attached hydrogens (primary N) is 1. The summed E-state index contributed by atoms with van der Waals surface area (Å²) in [7, 11) is 0. The van der Waals surface area contributed by atoms with Gasteiger partial charge in [0.25, 0.3) is 0 Å². The van der Waals surface area contributed by atoms with Crippen LogP contribution in [0.4, 0.5) is 0 Å². The van der Waals surface area contributed by atoms with Gasteiger partial charge in [-0.05, 0) is 19.1 Å². The van der Waals surface area contributed by atoms with Crippen molar-refractivity contribution in [3.8, 4) is 0 Å². The highest BCUT2D eigenvalue weighted by atomic mass is 16.3. The largest absolute Gasteiger partial charge is 0.508 e. The molecule has 3 nitrogen and oxygen atoms in total. The Morgan fingerprint density at radius 1 is 1.55 bits per heavy atom. The lowest BCUT2D eigenvalue weighted by Crippen LogP contribution is -2.11. The summed E-state index contributed by atoms with van der Waals surface area (Å²) < 4.78 is 0. The Kier molecular flexibility index (Phi) is 3.73. The Morgan fingerprint density at radius 2 is 2.09 bits per heavy atom. The molecular formula is C8H11NO2. The van der Waals surface area contributed by atoms with E-state index < -0.39 is 5.91 Å². The monoisotopic (exact) mass is 153 g/mol. The first-order valence-electron chi connectivity index (χ1n) is 3.07. The molecule has 0 aliphatic heterocycles. The third-order valence-electron chi connectivity index (χ3n) is 1.10. The van der Waals surface area contributed by atoms with Crippen LogP contribution in [-0.4, -0.2) is 11.0 Å². The van der Waals surface area contributed by atoms with Gasteiger partial charge in [0.15, 0.2) is 0 Å². The van der Waals surface area contributed by atoms with Gasteiger partial charge in [-0.15, -0.1) is 0 Å². The molecule has 0 radical (unpaired) electrons. The molecule has 11 heavy (non-hydrogen) atoms. The molecule has 0 aromatic heterocycles. The van der Waals surface area contributed by atoms with E-state index in [4.69, 9.17) is 10.8 Å². The first kappa shape index (κ1) is 9.49. The van der Waals surface area contributed by atoms with Gasteiger partial charge >= 0.3 is 0 Å². The van der Waals surface area contributed by atoms with E-state index in [2.05, 4.69) is 6.58 Å². The van der Waals surface area contributed by atoms with Crippen molar-refractivity contribution in [1.29, 1.82) is 0 Å². The Balaban J connectivity index is 4.34. The standard InChI is InChI=1S/C8H11NO2/c1-3-7(10)5-4-6(2)8(9)11/h3-5,10H,1H2,2H3,(H2,9,11)/b6-4+,7-5+. The minimum absolute atomic E-state index is 0.00519. The van der Waals surface area contributed by atoms with Gasteiger partial charge in [0.05, 0.1) is 0 Å². The van der Waals surface area contributed by atoms with E-state index in [9.17, 15) is 4.79 Å². The fourth-order valence-electron chi connectivity index (χ4n) is 0.361. The molecule has 0 aromatic rings. The number of aliphatic hydroxyl groups is 1. The van der Waals surface area contributed by atoms with Crippen LogP contribution in [0.25, 0.3) is 0 Å². The van der Waals surface area contributed by atoms with Crippen LogP contribution in [0.3, 0.4) is 0 Å². The lowest BCUT2D eigenvalue weighted by molar-refractivity contribution is -0.114. The molecule has 3 heteroatoms. The number of hydrogen-bond donors (Lipinski definition) is 2. The molecule has 0 aliphatic carbocycles. The van der Waals surface area contributed by atoms with E-state index in [1.807, 2.05) is 0 Å². The van der Waals surface area contributed by atoms with Crippen molar-refractivity contribution in [2.75, 3.05) is 0 Å². The molecule has 3 N–H and O–H groups in total. The molecular weight excluding hydrogens is 142 g/mol. The second kappa shape index (κ2) is 4.33. The molecule has 0 spiro atoms. The molecule has 0 aromatic carbocycles. The van der Waals surface area contributed by atoms with Crippen molar-refractivity contribution in [2.24, 2.45) is 5.73 Å². The van der Waals surface area contributed by atoms with Crippen LogP contribution in [0, 0.1) is 0 Å². The van der Waals surface area contributed by atoms with Crippen LogP contribution in [0.5, 0.6) is 0 Å². The quantitative estimate of drug-likeness (QED) is 0.361. The number of rotatable bonds is 3. The van der Waals surface area contributed by atoms with Crippen LogP contribution in [0.2, 0.25) is 0 Å². The summed E-state index contributed by atoms with van der Waals surface area (Å²) in [6, 6.07) is 0. The number of aliphatic hydroxyl groups excluding tert-OH is 1. The Labute approximate surface area is 65.5 Å². The molecule has 0 saturated heterocycles. The topological polar surface area (TPSA) is 63.3 Å². The minimum Gasteiger partial charge on any atom is -0.508 e. The lowest BCUT2D eigenvalue weighted by atomic mass is 10.2. The van der Waals surface area contributed by atoms with Crippen molar-refractivity contribution >= 4 is 5.91 Å². The summed E-state index contributed by atoms with van der Waals surface area (Å²) in [5, 5.41) is 8.83. The van der Waals surface area contributed by atoms with Crippen molar-refractivity contribution in [3.05, 3.63) is 36.1 Å². The summed E-state index contributed by atoms with van der Waals surface area (Å²) in [5.41, 5.74) is 5.31. The smallest absolute Gasteiger partial charge is 0.244 e. The van der Waals surface area contributed by atoms with Crippen LogP contribution in [0.1, 0.15) is 6.92 Å². The van der Waals surface area contributed by atoms with Gasteiger partial charge in [-0.1, -0.05) is 12.7 Å². The number of primary amides is 1. The lowest BCUT2D eigenvalue weighted by Gasteiger charge is -1.89. The van der Waals surface area contributed by atoms with Gasteiger partial charge in [-0.3, -0.25) is 4.79 Å². The number of carbonyl (C=O) groups excluding carboxylic acids is 1. The summed E-state index contributed by atoms with van der Waals surface area (Å²) in [6.45, 7) is 4.88. The molecule has 0 aliphatic rings. The van der Waals surface area contributed by atoms with Crippen LogP contribution in [-0.2, 0) is 4.79 Å². The van der Waals surface area contributed by atoms with E-state index in [-0.39, 0.29) is 5.76 Å². The van der Waals surface area contributed by atoms with Crippen molar-refractivity contribution in [3.63, 3.8) is 0 Å². The third-order valence-corrected chi connectivity index (χ3v) is 1.10. The maximum Gasteiger partial charge on any atom is 0.244 e. The molecule has 0 bridgehead atoms. The van der Waals surface area contributed by atoms with Gasteiger partial charge in [0.2, 0.25) is 5.91 Å². The fraction of sp³-hybridized carbons (Fsp3) is 0.125. The van der Waals surface area contributed by atoms with Gasteiger partial charge < -0.3 is 10.8 Å². The highest BCUT2D eigenvalue weighted by molar-refractivity contribution is 5.91. The molecule has 0 fully saturated rings. The van der Waals surface area contributed by atoms with Crippen LogP contribution in [0.15, 0.2) is 36.1 Å². The molecule has 60 valence electrons. The fourth-order valence-corrected chi connectivity index (χ4v) is 0.361. The van der Waals surface area contributed by atoms with E-state index >= 15 is 0 Å². The minimum atomic E-state index is -0.502. The van der Waals surface area contributed by atoms with Crippen molar-refractivity contribution in [2.45, 2.75) is 6.92 Å². The first-order valence-corrected chi connectivity index (χ1v) is 3.07. The van der Waals surface area contributed by atoms with Gasteiger partial charge in [-0.25, -0.2) is 0 Å². The number of carbonyl (C=O) groups is 1. The zero-order chi connectivity index (χ0) is 8.85. The maximum atomic E-state index is 10.4. The highest BCUT2D eigenvalue weighted by Gasteiger charge is 1.93. The van der Waals surface area contributed by atoms with E-state index in [0.29, 0.717) is 5.57 Å². The van der Waals surface area contributed by atoms with Crippen LogP contribution >= 0.6 is 0 Å². The summed E-state index contributed by atoms with van der Waals surface area (Å²) in [4.78, 5) is 10.4. The predicted molar refractivity (Wildman–Crippen MR) is 43.9 cm³/mol. The Morgan fingerprint density at radius 3 is 2.45 bits per heavy atom. The predicted octanol–water partition coefficient (Wildman–Crippen LogP) is 1.05. The Bertz CT molecular complexity index is 226. The molecule has 1 amide bonds. The van der Waals surface area contributed by atoms with Gasteiger partial charge in [-0.2, -0.15) is 0 Å². The van der Waals surface area contributed by atoms with E-state index in [0.717, 1.165) is 0 Å². The number of hydrogen-bond acceptors (Lipinski definition) is 2. The Hall–Kier alpha value is -1.51. The average Bonchev–Trinajstić information content (AvgIpc) is 1.99. The summed E-state index contributed by atoms with van der Waals surface area (Å²) in [6.07, 6.45) is 4.05. The number of allylic oxidation sites excluding steroid dienone is 3. The second-order valence-electron chi connectivity index (χ2n) is 2.01. The molecule has 0 rings (SSSR count). The molecule has 0 saturated carbocycles. The number of amides is 1. The van der Waals surface area contributed by atoms with Gasteiger partial charge in [0, 0.05) is 5.57 Å². The summed E-state index contributed by atoms with van der Waals surface area (Å²) in [5.74, 6) is -0.497. The SMILES string of the molecule is C=C/C(O)=C\C=C(/C)C(N)=O. The second-order valence-corrected chi connectivity index (χ2v) is 2.01. The molecule has 0 atom stereocenters. The summed E-state index contributed by atoms with van der Waals surface area (Å²) >= 11 is 0. The highest BCUT2D eigenvalue weighted by Crippen LogP contribution is 1.94. The molecule has 0 heterocycles. The first-order chi connectivity index (χ1) is 5.07.